The number of aliphatic hydroxyl groups excluding tert-OH is 1. The van der Waals surface area contributed by atoms with E-state index >= 15 is 8.78 Å². The average molecular weight is 595 g/mol. The molecule has 5 fully saturated rings. The molecule has 0 unspecified atom stereocenters. The number of ketones is 1. The normalized spacial score (nSPS) is 52.2. The highest BCUT2D eigenvalue weighted by atomic mass is 19.1. The number of halogens is 3. The zero-order valence-corrected chi connectivity index (χ0v) is 24.9. The minimum Gasteiger partial charge on any atom is -0.431 e. The molecule has 0 aliphatic heterocycles. The number of carbonyl (C=O) groups is 3. The van der Waals surface area contributed by atoms with Crippen molar-refractivity contribution in [3.8, 4) is 0 Å². The molecule has 6 rings (SSSR count). The maximum atomic E-state index is 17.5. The van der Waals surface area contributed by atoms with Crippen molar-refractivity contribution in [3.63, 3.8) is 0 Å². The number of esters is 1. The van der Waals surface area contributed by atoms with E-state index in [0.29, 0.717) is 6.42 Å². The third kappa shape index (κ3) is 3.59. The molecular formula is C32H41F3O7. The highest BCUT2D eigenvalue weighted by molar-refractivity contribution is 6.01. The summed E-state index contributed by atoms with van der Waals surface area (Å²) in [4.78, 5) is 39.3. The SMILES string of the molecule is C[C@@H]1C[C@H]2[C@@H]3C[C@H](F)C4=CC(=O)C=C[C@]4(C)[C@@]3(F)[C@@H](O)C[C@]2(C)[C@@]1(OC(=O)O[C@H]1C[C@]2(C)CC[C@]1(C)C2)C(=O)OCF. The van der Waals surface area contributed by atoms with Crippen molar-refractivity contribution < 1.29 is 46.9 Å². The van der Waals surface area contributed by atoms with E-state index < -0.39 is 83.0 Å². The van der Waals surface area contributed by atoms with E-state index in [9.17, 15) is 23.9 Å². The van der Waals surface area contributed by atoms with Gasteiger partial charge in [-0.3, -0.25) is 4.79 Å². The minimum atomic E-state index is -2.38. The van der Waals surface area contributed by atoms with Gasteiger partial charge in [-0.1, -0.05) is 33.8 Å². The third-order valence-corrected chi connectivity index (χ3v) is 12.7. The molecule has 5 saturated carbocycles. The Balaban J connectivity index is 1.37. The van der Waals surface area contributed by atoms with Crippen LogP contribution in [0.4, 0.5) is 18.0 Å². The second kappa shape index (κ2) is 9.08. The molecule has 12 atom stereocenters. The van der Waals surface area contributed by atoms with Gasteiger partial charge >= 0.3 is 12.1 Å². The highest BCUT2D eigenvalue weighted by Gasteiger charge is 2.79. The molecule has 6 aliphatic rings. The van der Waals surface area contributed by atoms with E-state index in [4.69, 9.17) is 14.2 Å². The maximum Gasteiger partial charge on any atom is 0.509 e. The first-order valence-corrected chi connectivity index (χ1v) is 15.1. The van der Waals surface area contributed by atoms with Crippen molar-refractivity contribution >= 4 is 17.9 Å². The first kappa shape index (κ1) is 29.7. The molecular weight excluding hydrogens is 553 g/mol. The summed E-state index contributed by atoms with van der Waals surface area (Å²) in [5, 5.41) is 11.6. The van der Waals surface area contributed by atoms with Gasteiger partial charge in [0.05, 0.1) is 6.10 Å². The molecule has 1 N–H and O–H groups in total. The lowest BCUT2D eigenvalue weighted by molar-refractivity contribution is -0.236. The monoisotopic (exact) mass is 594 g/mol. The fourth-order valence-corrected chi connectivity index (χ4v) is 10.7. The number of hydrogen-bond acceptors (Lipinski definition) is 7. The number of rotatable bonds is 4. The Hall–Kier alpha value is -2.36. The Morgan fingerprint density at radius 2 is 1.81 bits per heavy atom. The fraction of sp³-hybridized carbons (Fsp3) is 0.781. The van der Waals surface area contributed by atoms with Gasteiger partial charge in [0.15, 0.2) is 11.5 Å². The minimum absolute atomic E-state index is 0.0153. The van der Waals surface area contributed by atoms with Gasteiger partial charge in [-0.25, -0.2) is 22.8 Å². The highest BCUT2D eigenvalue weighted by Crippen LogP contribution is 2.72. The van der Waals surface area contributed by atoms with Crippen LogP contribution in [0.15, 0.2) is 23.8 Å². The Bertz CT molecular complexity index is 1280. The molecule has 0 aromatic carbocycles. The van der Waals surface area contributed by atoms with Crippen molar-refractivity contribution in [1.82, 2.24) is 0 Å². The van der Waals surface area contributed by atoms with Gasteiger partial charge in [-0.15, -0.1) is 0 Å². The summed E-state index contributed by atoms with van der Waals surface area (Å²) in [6.45, 7) is 7.49. The molecule has 7 nitrogen and oxygen atoms in total. The molecule has 0 aromatic rings. The summed E-state index contributed by atoms with van der Waals surface area (Å²) in [7, 11) is 0. The zero-order chi connectivity index (χ0) is 30.7. The number of carbonyl (C=O) groups excluding carboxylic acids is 3. The van der Waals surface area contributed by atoms with Gasteiger partial charge in [0.2, 0.25) is 12.5 Å². The fourth-order valence-electron chi connectivity index (χ4n) is 10.7. The van der Waals surface area contributed by atoms with Gasteiger partial charge < -0.3 is 19.3 Å². The van der Waals surface area contributed by atoms with Gasteiger partial charge in [0, 0.05) is 28.1 Å². The van der Waals surface area contributed by atoms with Crippen LogP contribution >= 0.6 is 0 Å². The number of aliphatic hydroxyl groups is 1. The van der Waals surface area contributed by atoms with Crippen LogP contribution in [0.5, 0.6) is 0 Å². The Labute approximate surface area is 244 Å². The van der Waals surface area contributed by atoms with Crippen LogP contribution in [0, 0.1) is 39.4 Å². The number of ether oxygens (including phenoxy) is 3. The second-order valence-corrected chi connectivity index (χ2v) is 15.1. The average Bonchev–Trinajstić information content (AvgIpc) is 3.43. The first-order chi connectivity index (χ1) is 19.5. The van der Waals surface area contributed by atoms with Crippen molar-refractivity contribution in [2.24, 2.45) is 39.4 Å². The molecule has 232 valence electrons. The number of allylic oxidation sites excluding steroid dienone is 4. The van der Waals surface area contributed by atoms with Crippen molar-refractivity contribution in [1.29, 1.82) is 0 Å². The molecule has 0 saturated heterocycles. The lowest BCUT2D eigenvalue weighted by Gasteiger charge is -2.62. The summed E-state index contributed by atoms with van der Waals surface area (Å²) in [5.74, 6) is -4.22. The van der Waals surface area contributed by atoms with Gasteiger partial charge in [0.25, 0.3) is 0 Å². The molecule has 2 bridgehead atoms. The van der Waals surface area contributed by atoms with E-state index in [0.717, 1.165) is 25.3 Å². The van der Waals surface area contributed by atoms with E-state index in [1.54, 1.807) is 13.8 Å². The molecule has 42 heavy (non-hydrogen) atoms. The molecule has 0 radical (unpaired) electrons. The standard InChI is InChI=1S/C32H41F3O7/c1-17-10-19-20-12-22(34)21-11-18(36)6-7-29(21,4)31(20,35)23(37)13-30(19,5)32(17,25(38)40-16-33)42-26(39)41-24-14-27(2)8-9-28(24,3)15-27/h6-7,11,17,19-20,22-24,37H,8-10,12-16H2,1-5H3/t17-,19+,20+,22+,23+,24+,27+,28-,29+,30+,31+,32+/m1/s1. The van der Waals surface area contributed by atoms with E-state index in [1.165, 1.54) is 19.1 Å². The smallest absolute Gasteiger partial charge is 0.431 e. The molecule has 0 spiro atoms. The van der Waals surface area contributed by atoms with E-state index in [1.807, 2.05) is 0 Å². The van der Waals surface area contributed by atoms with Crippen molar-refractivity contribution in [2.75, 3.05) is 6.86 Å². The summed E-state index contributed by atoms with van der Waals surface area (Å²) >= 11 is 0. The summed E-state index contributed by atoms with van der Waals surface area (Å²) in [5.41, 5.74) is -7.72. The summed E-state index contributed by atoms with van der Waals surface area (Å²) < 4.78 is 63.5. The van der Waals surface area contributed by atoms with E-state index in [-0.39, 0.29) is 35.7 Å². The van der Waals surface area contributed by atoms with Crippen molar-refractivity contribution in [2.45, 2.75) is 109 Å². The first-order valence-electron chi connectivity index (χ1n) is 15.1. The molecule has 0 heterocycles. The molecule has 6 aliphatic carbocycles. The summed E-state index contributed by atoms with van der Waals surface area (Å²) in [6, 6.07) is 0. The van der Waals surface area contributed by atoms with Crippen LogP contribution in [0.2, 0.25) is 0 Å². The number of alkyl halides is 3. The largest absolute Gasteiger partial charge is 0.509 e. The molecule has 0 amide bonds. The van der Waals surface area contributed by atoms with Crippen LogP contribution in [-0.4, -0.2) is 59.5 Å². The van der Waals surface area contributed by atoms with Crippen LogP contribution in [0.3, 0.4) is 0 Å². The summed E-state index contributed by atoms with van der Waals surface area (Å²) in [6.07, 6.45) is 1.66. The third-order valence-electron chi connectivity index (χ3n) is 12.7. The quantitative estimate of drug-likeness (QED) is 0.406. The number of hydrogen-bond donors (Lipinski definition) is 1. The Morgan fingerprint density at radius 3 is 2.43 bits per heavy atom. The second-order valence-electron chi connectivity index (χ2n) is 15.1. The lowest BCUT2D eigenvalue weighted by Crippen LogP contribution is -2.71. The van der Waals surface area contributed by atoms with Crippen LogP contribution in [0.1, 0.15) is 79.6 Å². The topological polar surface area (TPSA) is 99.1 Å². The van der Waals surface area contributed by atoms with Gasteiger partial charge in [0.1, 0.15) is 12.3 Å². The van der Waals surface area contributed by atoms with Crippen molar-refractivity contribution in [3.05, 3.63) is 23.8 Å². The predicted octanol–water partition coefficient (Wildman–Crippen LogP) is 5.88. The predicted molar refractivity (Wildman–Crippen MR) is 144 cm³/mol. The van der Waals surface area contributed by atoms with Gasteiger partial charge in [-0.05, 0) is 80.9 Å². The maximum absolute atomic E-state index is 17.5. The van der Waals surface area contributed by atoms with Gasteiger partial charge in [-0.2, -0.15) is 0 Å². The van der Waals surface area contributed by atoms with Crippen LogP contribution in [-0.2, 0) is 23.8 Å². The van der Waals surface area contributed by atoms with Crippen LogP contribution < -0.4 is 0 Å². The zero-order valence-electron chi connectivity index (χ0n) is 24.9. The Morgan fingerprint density at radius 1 is 1.10 bits per heavy atom. The molecule has 10 heteroatoms. The Kier molecular flexibility index (Phi) is 6.42. The number of fused-ring (bicyclic) bond motifs is 7. The van der Waals surface area contributed by atoms with E-state index in [2.05, 4.69) is 13.8 Å². The van der Waals surface area contributed by atoms with Crippen LogP contribution in [0.25, 0.3) is 0 Å². The molecule has 0 aromatic heterocycles. The lowest BCUT2D eigenvalue weighted by atomic mass is 9.44.